The molecule has 0 aliphatic heterocycles. The summed E-state index contributed by atoms with van der Waals surface area (Å²) in [5, 5.41) is 3.45. The van der Waals surface area contributed by atoms with Gasteiger partial charge in [-0.25, -0.2) is 0 Å². The third kappa shape index (κ3) is 3.12. The molecule has 0 aliphatic carbocycles. The van der Waals surface area contributed by atoms with Gasteiger partial charge in [0.1, 0.15) is 0 Å². The summed E-state index contributed by atoms with van der Waals surface area (Å²) in [5.74, 6) is 0. The first kappa shape index (κ1) is 11.8. The first-order valence-electron chi connectivity index (χ1n) is 4.79. The fourth-order valence-electron chi connectivity index (χ4n) is 1.29. The summed E-state index contributed by atoms with van der Waals surface area (Å²) < 4.78 is 0.838. The standard InChI is InChI=1S/C11H16ClNS/c1-4-7-13-11(8(2)3)9-5-6-10(12)14-9/h5-6,11,13H,2,4,7H2,1,3H3. The van der Waals surface area contributed by atoms with E-state index in [9.17, 15) is 0 Å². The van der Waals surface area contributed by atoms with Gasteiger partial charge < -0.3 is 5.32 Å². The normalized spacial score (nSPS) is 12.8. The van der Waals surface area contributed by atoms with Crippen molar-refractivity contribution >= 4 is 22.9 Å². The lowest BCUT2D eigenvalue weighted by Gasteiger charge is -2.16. The maximum absolute atomic E-state index is 5.90. The Morgan fingerprint density at radius 1 is 1.64 bits per heavy atom. The molecule has 0 bridgehead atoms. The van der Waals surface area contributed by atoms with Gasteiger partial charge in [0.2, 0.25) is 0 Å². The molecule has 3 heteroatoms. The van der Waals surface area contributed by atoms with E-state index in [4.69, 9.17) is 11.6 Å². The third-order valence-electron chi connectivity index (χ3n) is 1.97. The Kier molecular flexibility index (Phi) is 4.66. The quantitative estimate of drug-likeness (QED) is 0.753. The molecule has 1 unspecified atom stereocenters. The molecular weight excluding hydrogens is 214 g/mol. The molecule has 1 nitrogen and oxygen atoms in total. The summed E-state index contributed by atoms with van der Waals surface area (Å²) in [5.41, 5.74) is 1.14. The number of nitrogens with one attached hydrogen (secondary N) is 1. The number of halogens is 1. The van der Waals surface area contributed by atoms with Gasteiger partial charge in [0.15, 0.2) is 0 Å². The van der Waals surface area contributed by atoms with Crippen molar-refractivity contribution in [1.29, 1.82) is 0 Å². The molecule has 78 valence electrons. The van der Waals surface area contributed by atoms with Crippen molar-refractivity contribution in [2.75, 3.05) is 6.54 Å². The maximum Gasteiger partial charge on any atom is 0.0931 e. The maximum atomic E-state index is 5.90. The second-order valence-electron chi connectivity index (χ2n) is 3.38. The summed E-state index contributed by atoms with van der Waals surface area (Å²) in [4.78, 5) is 1.25. The molecule has 14 heavy (non-hydrogen) atoms. The van der Waals surface area contributed by atoms with Crippen molar-refractivity contribution in [3.05, 3.63) is 33.5 Å². The van der Waals surface area contributed by atoms with Crippen molar-refractivity contribution in [3.63, 3.8) is 0 Å². The Hall–Kier alpha value is -0.310. The van der Waals surface area contributed by atoms with E-state index in [-0.39, 0.29) is 6.04 Å². The Bertz CT molecular complexity index is 306. The molecule has 1 N–H and O–H groups in total. The molecule has 0 fully saturated rings. The summed E-state index contributed by atoms with van der Waals surface area (Å²) >= 11 is 7.52. The van der Waals surface area contributed by atoms with Gasteiger partial charge in [0, 0.05) is 4.88 Å². The van der Waals surface area contributed by atoms with Crippen LogP contribution in [0.5, 0.6) is 0 Å². The molecule has 0 saturated heterocycles. The summed E-state index contributed by atoms with van der Waals surface area (Å²) in [7, 11) is 0. The van der Waals surface area contributed by atoms with E-state index in [2.05, 4.69) is 24.9 Å². The number of hydrogen-bond acceptors (Lipinski definition) is 2. The van der Waals surface area contributed by atoms with Crippen LogP contribution in [0.2, 0.25) is 4.34 Å². The topological polar surface area (TPSA) is 12.0 Å². The van der Waals surface area contributed by atoms with Crippen molar-refractivity contribution in [3.8, 4) is 0 Å². The van der Waals surface area contributed by atoms with Crippen LogP contribution in [0, 0.1) is 0 Å². The molecule has 1 aromatic rings. The summed E-state index contributed by atoms with van der Waals surface area (Å²) in [6.07, 6.45) is 1.13. The fraction of sp³-hybridized carbons (Fsp3) is 0.455. The van der Waals surface area contributed by atoms with Crippen LogP contribution in [0.4, 0.5) is 0 Å². The minimum Gasteiger partial charge on any atom is -0.306 e. The zero-order valence-corrected chi connectivity index (χ0v) is 10.2. The second kappa shape index (κ2) is 5.54. The lowest BCUT2D eigenvalue weighted by molar-refractivity contribution is 0.598. The summed E-state index contributed by atoms with van der Waals surface area (Å²) in [6, 6.07) is 4.26. The predicted octanol–water partition coefficient (Wildman–Crippen LogP) is 4.02. The lowest BCUT2D eigenvalue weighted by atomic mass is 10.1. The van der Waals surface area contributed by atoms with Crippen LogP contribution in [0.15, 0.2) is 24.3 Å². The van der Waals surface area contributed by atoms with Gasteiger partial charge in [0.25, 0.3) is 0 Å². The number of rotatable bonds is 5. The molecule has 0 aromatic carbocycles. The first-order valence-corrected chi connectivity index (χ1v) is 5.98. The molecule has 0 aliphatic rings. The smallest absolute Gasteiger partial charge is 0.0931 e. The van der Waals surface area contributed by atoms with Crippen LogP contribution < -0.4 is 5.32 Å². The highest BCUT2D eigenvalue weighted by atomic mass is 35.5. The third-order valence-corrected chi connectivity index (χ3v) is 3.27. The van der Waals surface area contributed by atoms with Gasteiger partial charge in [-0.2, -0.15) is 0 Å². The minimum atomic E-state index is 0.257. The van der Waals surface area contributed by atoms with Crippen LogP contribution in [0.1, 0.15) is 31.2 Å². The van der Waals surface area contributed by atoms with Crippen LogP contribution in [0.25, 0.3) is 0 Å². The largest absolute Gasteiger partial charge is 0.306 e. The van der Waals surface area contributed by atoms with E-state index in [0.717, 1.165) is 22.9 Å². The number of thiophene rings is 1. The molecule has 1 aromatic heterocycles. The average molecular weight is 230 g/mol. The van der Waals surface area contributed by atoms with E-state index in [1.165, 1.54) is 4.88 Å². The van der Waals surface area contributed by atoms with Gasteiger partial charge in [-0.05, 0) is 32.0 Å². The van der Waals surface area contributed by atoms with Gasteiger partial charge in [0.05, 0.1) is 10.4 Å². The van der Waals surface area contributed by atoms with Gasteiger partial charge in [-0.1, -0.05) is 30.7 Å². The van der Waals surface area contributed by atoms with Gasteiger partial charge in [-0.15, -0.1) is 11.3 Å². The zero-order valence-electron chi connectivity index (χ0n) is 8.64. The molecule has 1 rings (SSSR count). The van der Waals surface area contributed by atoms with E-state index in [1.807, 2.05) is 13.0 Å². The Balaban J connectivity index is 2.72. The Morgan fingerprint density at radius 2 is 2.36 bits per heavy atom. The highest BCUT2D eigenvalue weighted by Gasteiger charge is 2.12. The van der Waals surface area contributed by atoms with Crippen molar-refractivity contribution in [2.45, 2.75) is 26.3 Å². The predicted molar refractivity (Wildman–Crippen MR) is 65.2 cm³/mol. The Labute approximate surface area is 94.8 Å². The van der Waals surface area contributed by atoms with E-state index >= 15 is 0 Å². The van der Waals surface area contributed by atoms with E-state index < -0.39 is 0 Å². The van der Waals surface area contributed by atoms with Gasteiger partial charge in [-0.3, -0.25) is 0 Å². The molecule has 1 atom stereocenters. The monoisotopic (exact) mass is 229 g/mol. The van der Waals surface area contributed by atoms with Gasteiger partial charge >= 0.3 is 0 Å². The second-order valence-corrected chi connectivity index (χ2v) is 5.12. The number of hydrogen-bond donors (Lipinski definition) is 1. The molecule has 0 spiro atoms. The average Bonchev–Trinajstić information content (AvgIpc) is 2.52. The van der Waals surface area contributed by atoms with Crippen LogP contribution in [-0.4, -0.2) is 6.54 Å². The molecule has 0 amide bonds. The van der Waals surface area contributed by atoms with E-state index in [1.54, 1.807) is 11.3 Å². The van der Waals surface area contributed by atoms with Crippen LogP contribution in [-0.2, 0) is 0 Å². The van der Waals surface area contributed by atoms with Crippen LogP contribution in [0.3, 0.4) is 0 Å². The van der Waals surface area contributed by atoms with Crippen molar-refractivity contribution < 1.29 is 0 Å². The Morgan fingerprint density at radius 3 is 2.79 bits per heavy atom. The first-order chi connectivity index (χ1) is 6.65. The molecule has 0 radical (unpaired) electrons. The van der Waals surface area contributed by atoms with Crippen molar-refractivity contribution in [2.24, 2.45) is 0 Å². The molecule has 0 saturated carbocycles. The highest BCUT2D eigenvalue weighted by Crippen LogP contribution is 2.30. The lowest BCUT2D eigenvalue weighted by Crippen LogP contribution is -2.21. The van der Waals surface area contributed by atoms with Crippen molar-refractivity contribution in [1.82, 2.24) is 5.32 Å². The van der Waals surface area contributed by atoms with E-state index in [0.29, 0.717) is 0 Å². The van der Waals surface area contributed by atoms with Crippen LogP contribution >= 0.6 is 22.9 Å². The zero-order chi connectivity index (χ0) is 10.6. The molecule has 1 heterocycles. The molecular formula is C11H16ClNS. The SMILES string of the molecule is C=C(C)C(NCCC)c1ccc(Cl)s1. The highest BCUT2D eigenvalue weighted by molar-refractivity contribution is 7.16. The summed E-state index contributed by atoms with van der Waals surface area (Å²) in [6.45, 7) is 9.20. The fourth-order valence-corrected chi connectivity index (χ4v) is 2.52. The minimum absolute atomic E-state index is 0.257.